The van der Waals surface area contributed by atoms with Crippen LogP contribution in [0.1, 0.15) is 60.6 Å². The molecule has 0 spiro atoms. The van der Waals surface area contributed by atoms with Gasteiger partial charge in [-0.3, -0.25) is 28.5 Å². The summed E-state index contributed by atoms with van der Waals surface area (Å²) in [5.74, 6) is 0.848. The number of rotatable bonds is 9. The average molecular weight is 693 g/mol. The number of thioether (sulfide) groups is 1. The molecule has 0 bridgehead atoms. The Labute approximate surface area is 296 Å². The van der Waals surface area contributed by atoms with Gasteiger partial charge in [0.2, 0.25) is 0 Å². The quantitative estimate of drug-likeness (QED) is 0.146. The number of unbranched alkanes of at least 4 members (excludes halogenated alkanes) is 1. The zero-order valence-electron chi connectivity index (χ0n) is 28.3. The van der Waals surface area contributed by atoms with E-state index < -0.39 is 5.91 Å². The van der Waals surface area contributed by atoms with E-state index in [9.17, 15) is 19.6 Å². The van der Waals surface area contributed by atoms with Gasteiger partial charge in [0.05, 0.1) is 16.3 Å². The number of anilines is 2. The first-order valence-corrected chi connectivity index (χ1v) is 18.0. The van der Waals surface area contributed by atoms with E-state index >= 15 is 0 Å². The Morgan fingerprint density at radius 3 is 2.27 bits per heavy atom. The molecule has 2 aliphatic heterocycles. The number of amides is 1. The van der Waals surface area contributed by atoms with Crippen LogP contribution in [0.5, 0.6) is 0 Å². The standard InChI is InChI=1S/C38H40N6O3S2/c1-5-6-19-42-34(41-20-17-28(18-21-41)22-27-13-9-7-10-14-27)30(25(2)31(24-39)35(42)45)23-32-36(46)43(38(48)49-32)33-26(3)40(4)44(37(33)47)29-15-11-8-12-16-29/h7-16,23,28H,5-6,17-22H2,1-4H3. The fraction of sp³-hybridized carbons (Fsp3) is 0.342. The number of benzene rings is 2. The Hall–Kier alpha value is -4.66. The molecule has 11 heteroatoms. The minimum absolute atomic E-state index is 0.0743. The van der Waals surface area contributed by atoms with Crippen LogP contribution in [-0.4, -0.2) is 37.2 Å². The molecule has 0 N–H and O–H groups in total. The Balaban J connectivity index is 1.41. The SMILES string of the molecule is CCCCn1c(N2CCC(Cc3ccccc3)CC2)c(C=C2SC(=S)N(c3c(C)n(C)n(-c4ccccc4)c3=O)C2=O)c(C)c(C#N)c1=O. The molecule has 0 atom stereocenters. The van der Waals surface area contributed by atoms with Crippen molar-refractivity contribution in [2.45, 2.75) is 59.4 Å². The first-order valence-electron chi connectivity index (χ1n) is 16.7. The largest absolute Gasteiger partial charge is 0.357 e. The lowest BCUT2D eigenvalue weighted by atomic mass is 9.90. The predicted molar refractivity (Wildman–Crippen MR) is 202 cm³/mol. The maximum absolute atomic E-state index is 14.2. The van der Waals surface area contributed by atoms with E-state index in [0.717, 1.165) is 62.8 Å². The maximum atomic E-state index is 14.2. The molecular formula is C38H40N6O3S2. The molecule has 9 nitrogen and oxygen atoms in total. The van der Waals surface area contributed by atoms with Crippen molar-refractivity contribution in [3.8, 4) is 11.8 Å². The van der Waals surface area contributed by atoms with Gasteiger partial charge in [-0.15, -0.1) is 0 Å². The molecule has 49 heavy (non-hydrogen) atoms. The summed E-state index contributed by atoms with van der Waals surface area (Å²) in [6, 6.07) is 21.9. The Morgan fingerprint density at radius 2 is 1.63 bits per heavy atom. The van der Waals surface area contributed by atoms with E-state index in [-0.39, 0.29) is 26.7 Å². The first-order chi connectivity index (χ1) is 23.7. The zero-order valence-corrected chi connectivity index (χ0v) is 29.9. The smallest absolute Gasteiger partial charge is 0.296 e. The van der Waals surface area contributed by atoms with Gasteiger partial charge in [0, 0.05) is 32.2 Å². The Kier molecular flexibility index (Phi) is 10.1. The molecule has 1 amide bonds. The highest BCUT2D eigenvalue weighted by molar-refractivity contribution is 8.27. The highest BCUT2D eigenvalue weighted by Gasteiger charge is 2.38. The molecule has 2 aromatic carbocycles. The predicted octanol–water partition coefficient (Wildman–Crippen LogP) is 6.49. The number of piperidine rings is 1. The molecule has 0 aliphatic carbocycles. The first kappa shape index (κ1) is 34.2. The summed E-state index contributed by atoms with van der Waals surface area (Å²) < 4.78 is 5.24. The number of carbonyl (C=O) groups is 1. The molecule has 252 valence electrons. The topological polar surface area (TPSA) is 96.3 Å². The number of hydrogen-bond donors (Lipinski definition) is 0. The second kappa shape index (κ2) is 14.4. The number of pyridine rings is 1. The highest BCUT2D eigenvalue weighted by atomic mass is 32.2. The molecule has 2 aliphatic rings. The highest BCUT2D eigenvalue weighted by Crippen LogP contribution is 2.39. The number of thiocarbonyl (C=S) groups is 1. The van der Waals surface area contributed by atoms with Crippen LogP contribution in [0.15, 0.2) is 75.2 Å². The Bertz CT molecular complexity index is 2100. The molecule has 4 aromatic rings. The van der Waals surface area contributed by atoms with Gasteiger partial charge in [-0.2, -0.15) is 5.26 Å². The van der Waals surface area contributed by atoms with Crippen LogP contribution in [0.25, 0.3) is 11.8 Å². The fourth-order valence-corrected chi connectivity index (χ4v) is 8.16. The van der Waals surface area contributed by atoms with Crippen molar-refractivity contribution < 1.29 is 4.79 Å². The van der Waals surface area contributed by atoms with E-state index in [1.807, 2.05) is 36.4 Å². The third kappa shape index (κ3) is 6.43. The van der Waals surface area contributed by atoms with Gasteiger partial charge in [-0.1, -0.05) is 85.9 Å². The number of hydrogen-bond acceptors (Lipinski definition) is 7. The summed E-state index contributed by atoms with van der Waals surface area (Å²) in [4.78, 5) is 45.8. The van der Waals surface area contributed by atoms with E-state index in [2.05, 4.69) is 42.2 Å². The zero-order chi connectivity index (χ0) is 34.8. The van der Waals surface area contributed by atoms with Crippen molar-refractivity contribution in [1.29, 1.82) is 5.26 Å². The third-order valence-electron chi connectivity index (χ3n) is 9.68. The summed E-state index contributed by atoms with van der Waals surface area (Å²) in [7, 11) is 1.78. The number of nitrogens with zero attached hydrogens (tertiary/aromatic N) is 6. The lowest BCUT2D eigenvalue weighted by Crippen LogP contribution is -2.40. The second-order valence-electron chi connectivity index (χ2n) is 12.7. The van der Waals surface area contributed by atoms with Crippen LogP contribution >= 0.6 is 24.0 Å². The fourth-order valence-electron chi connectivity index (χ4n) is 6.91. The summed E-state index contributed by atoms with van der Waals surface area (Å²) in [6.45, 7) is 7.61. The number of para-hydroxylation sites is 1. The van der Waals surface area contributed by atoms with Gasteiger partial charge in [0.25, 0.3) is 17.0 Å². The molecule has 0 unspecified atom stereocenters. The molecule has 2 aromatic heterocycles. The molecule has 0 radical (unpaired) electrons. The molecular weight excluding hydrogens is 653 g/mol. The molecule has 2 saturated heterocycles. The van der Waals surface area contributed by atoms with Crippen molar-refractivity contribution in [2.75, 3.05) is 22.9 Å². The lowest BCUT2D eigenvalue weighted by molar-refractivity contribution is -0.113. The second-order valence-corrected chi connectivity index (χ2v) is 14.4. The summed E-state index contributed by atoms with van der Waals surface area (Å²) in [6.07, 6.45) is 6.34. The van der Waals surface area contributed by atoms with Crippen molar-refractivity contribution in [2.24, 2.45) is 13.0 Å². The van der Waals surface area contributed by atoms with Crippen molar-refractivity contribution >= 4 is 51.8 Å². The minimum atomic E-state index is -0.405. The van der Waals surface area contributed by atoms with Crippen LogP contribution in [0.2, 0.25) is 0 Å². The van der Waals surface area contributed by atoms with Gasteiger partial charge in [-0.25, -0.2) is 4.68 Å². The minimum Gasteiger partial charge on any atom is -0.357 e. The van der Waals surface area contributed by atoms with Gasteiger partial charge >= 0.3 is 0 Å². The number of carbonyl (C=O) groups excluding carboxylic acids is 1. The molecule has 6 rings (SSSR count). The van der Waals surface area contributed by atoms with Crippen LogP contribution in [0, 0.1) is 31.1 Å². The van der Waals surface area contributed by atoms with Crippen molar-refractivity contribution in [3.05, 3.63) is 114 Å². The van der Waals surface area contributed by atoms with E-state index in [0.29, 0.717) is 39.9 Å². The van der Waals surface area contributed by atoms with E-state index in [1.165, 1.54) is 15.1 Å². The van der Waals surface area contributed by atoms with Crippen LogP contribution < -0.4 is 20.9 Å². The summed E-state index contributed by atoms with van der Waals surface area (Å²) in [5.41, 5.74) is 3.43. The van der Waals surface area contributed by atoms with Gasteiger partial charge < -0.3 is 4.90 Å². The monoisotopic (exact) mass is 692 g/mol. The van der Waals surface area contributed by atoms with Crippen LogP contribution in [0.4, 0.5) is 11.5 Å². The number of aromatic nitrogens is 3. The molecule has 4 heterocycles. The number of nitriles is 1. The normalized spacial score (nSPS) is 16.2. The Morgan fingerprint density at radius 1 is 0.980 bits per heavy atom. The third-order valence-corrected chi connectivity index (χ3v) is 11.0. The lowest BCUT2D eigenvalue weighted by Gasteiger charge is -2.36. The van der Waals surface area contributed by atoms with Crippen molar-refractivity contribution in [3.63, 3.8) is 0 Å². The molecule has 0 saturated carbocycles. The molecule has 2 fully saturated rings. The van der Waals surface area contributed by atoms with E-state index in [1.54, 1.807) is 36.2 Å². The van der Waals surface area contributed by atoms with Crippen LogP contribution in [-0.2, 0) is 24.8 Å². The maximum Gasteiger partial charge on any atom is 0.296 e. The van der Waals surface area contributed by atoms with Crippen molar-refractivity contribution in [1.82, 2.24) is 13.9 Å². The summed E-state index contributed by atoms with van der Waals surface area (Å²) >= 11 is 6.87. The van der Waals surface area contributed by atoms with Gasteiger partial charge in [0.15, 0.2) is 4.32 Å². The average Bonchev–Trinajstić information content (AvgIpc) is 3.50. The van der Waals surface area contributed by atoms with Gasteiger partial charge in [0.1, 0.15) is 23.1 Å². The van der Waals surface area contributed by atoms with E-state index in [4.69, 9.17) is 12.2 Å². The van der Waals surface area contributed by atoms with Crippen LogP contribution in [0.3, 0.4) is 0 Å². The van der Waals surface area contributed by atoms with Gasteiger partial charge in [-0.05, 0) is 74.8 Å². The summed E-state index contributed by atoms with van der Waals surface area (Å²) in [5, 5.41) is 10.1.